The summed E-state index contributed by atoms with van der Waals surface area (Å²) in [5.41, 5.74) is 0.522. The molecule has 6 heteroatoms. The van der Waals surface area contributed by atoms with Crippen LogP contribution in [-0.4, -0.2) is 28.5 Å². The number of thioether (sulfide) groups is 1. The number of halogens is 1. The van der Waals surface area contributed by atoms with Crippen LogP contribution >= 0.6 is 11.8 Å². The Morgan fingerprint density at radius 3 is 2.56 bits per heavy atom. The van der Waals surface area contributed by atoms with Crippen molar-refractivity contribution in [2.24, 2.45) is 5.92 Å². The molecular formula is C12H14FNO3S. The van der Waals surface area contributed by atoms with Crippen molar-refractivity contribution in [3.05, 3.63) is 30.1 Å². The molecule has 1 aromatic carbocycles. The second-order valence-electron chi connectivity index (χ2n) is 3.81. The van der Waals surface area contributed by atoms with Gasteiger partial charge in [-0.15, -0.1) is 0 Å². The second-order valence-corrected chi connectivity index (χ2v) is 4.84. The lowest BCUT2D eigenvalue weighted by Gasteiger charge is -2.07. The third kappa shape index (κ3) is 5.18. The van der Waals surface area contributed by atoms with Gasteiger partial charge < -0.3 is 10.4 Å². The molecule has 4 nitrogen and oxygen atoms in total. The molecule has 0 heterocycles. The third-order valence-electron chi connectivity index (χ3n) is 2.15. The van der Waals surface area contributed by atoms with Gasteiger partial charge in [0.25, 0.3) is 0 Å². The number of carboxylic acids is 1. The summed E-state index contributed by atoms with van der Waals surface area (Å²) in [6.07, 6.45) is 0. The van der Waals surface area contributed by atoms with Gasteiger partial charge in [0.05, 0.1) is 11.7 Å². The van der Waals surface area contributed by atoms with Crippen LogP contribution in [0.1, 0.15) is 6.92 Å². The summed E-state index contributed by atoms with van der Waals surface area (Å²) in [5, 5.41) is 11.3. The van der Waals surface area contributed by atoms with Gasteiger partial charge in [0.15, 0.2) is 0 Å². The average molecular weight is 271 g/mol. The van der Waals surface area contributed by atoms with E-state index in [9.17, 15) is 14.0 Å². The molecule has 0 saturated heterocycles. The van der Waals surface area contributed by atoms with E-state index in [2.05, 4.69) is 5.32 Å². The molecule has 0 saturated carbocycles. The Bertz CT molecular complexity index is 422. The molecule has 0 fully saturated rings. The smallest absolute Gasteiger partial charge is 0.307 e. The van der Waals surface area contributed by atoms with E-state index >= 15 is 0 Å². The van der Waals surface area contributed by atoms with Crippen LogP contribution in [0, 0.1) is 11.7 Å². The van der Waals surface area contributed by atoms with E-state index in [-0.39, 0.29) is 17.5 Å². The van der Waals surface area contributed by atoms with E-state index in [1.165, 1.54) is 36.0 Å². The zero-order chi connectivity index (χ0) is 13.5. The zero-order valence-electron chi connectivity index (χ0n) is 9.85. The van der Waals surface area contributed by atoms with Crippen molar-refractivity contribution < 1.29 is 19.1 Å². The highest BCUT2D eigenvalue weighted by Gasteiger charge is 2.11. The largest absolute Gasteiger partial charge is 0.481 e. The predicted molar refractivity (Wildman–Crippen MR) is 69.2 cm³/mol. The zero-order valence-corrected chi connectivity index (χ0v) is 10.7. The second kappa shape index (κ2) is 7.00. The average Bonchev–Trinajstić information content (AvgIpc) is 2.32. The van der Waals surface area contributed by atoms with E-state index in [0.29, 0.717) is 11.4 Å². The van der Waals surface area contributed by atoms with E-state index < -0.39 is 11.9 Å². The van der Waals surface area contributed by atoms with Gasteiger partial charge in [-0.25, -0.2) is 4.39 Å². The van der Waals surface area contributed by atoms with Gasteiger partial charge in [-0.1, -0.05) is 6.92 Å². The van der Waals surface area contributed by atoms with E-state index in [1.807, 2.05) is 0 Å². The molecule has 0 aliphatic heterocycles. The van der Waals surface area contributed by atoms with Crippen molar-refractivity contribution in [1.29, 1.82) is 0 Å². The molecule has 1 atom stereocenters. The first-order valence-corrected chi connectivity index (χ1v) is 6.50. The number of hydrogen-bond acceptors (Lipinski definition) is 3. The molecule has 1 amide bonds. The number of anilines is 1. The van der Waals surface area contributed by atoms with Gasteiger partial charge in [0, 0.05) is 11.4 Å². The highest BCUT2D eigenvalue weighted by Crippen LogP contribution is 2.11. The summed E-state index contributed by atoms with van der Waals surface area (Å²) in [7, 11) is 0. The Balaban J connectivity index is 2.30. The number of benzene rings is 1. The molecule has 1 unspecified atom stereocenters. The Kier molecular flexibility index (Phi) is 5.64. The highest BCUT2D eigenvalue weighted by molar-refractivity contribution is 8.00. The maximum Gasteiger partial charge on any atom is 0.307 e. The van der Waals surface area contributed by atoms with Crippen molar-refractivity contribution in [2.75, 3.05) is 16.8 Å². The number of nitrogens with one attached hydrogen (secondary N) is 1. The van der Waals surface area contributed by atoms with Gasteiger partial charge in [0.2, 0.25) is 5.91 Å². The van der Waals surface area contributed by atoms with Crippen LogP contribution in [0.15, 0.2) is 24.3 Å². The Morgan fingerprint density at radius 2 is 2.00 bits per heavy atom. The lowest BCUT2D eigenvalue weighted by atomic mass is 10.2. The number of aliphatic carboxylic acids is 1. The fourth-order valence-corrected chi connectivity index (χ4v) is 2.00. The molecule has 0 spiro atoms. The highest BCUT2D eigenvalue weighted by atomic mass is 32.2. The number of rotatable bonds is 6. The number of hydrogen-bond donors (Lipinski definition) is 2. The minimum atomic E-state index is -0.874. The van der Waals surface area contributed by atoms with E-state index in [1.54, 1.807) is 6.92 Å². The lowest BCUT2D eigenvalue weighted by Crippen LogP contribution is -2.17. The first-order chi connectivity index (χ1) is 8.49. The van der Waals surface area contributed by atoms with Crippen LogP contribution in [0.4, 0.5) is 10.1 Å². The predicted octanol–water partition coefficient (Wildman–Crippen LogP) is 2.22. The molecule has 0 aliphatic rings. The summed E-state index contributed by atoms with van der Waals surface area (Å²) in [6, 6.07) is 5.46. The van der Waals surface area contributed by atoms with Crippen molar-refractivity contribution in [2.45, 2.75) is 6.92 Å². The number of carbonyl (C=O) groups excluding carboxylic acids is 1. The number of carboxylic acid groups (broad SMARTS) is 1. The summed E-state index contributed by atoms with van der Waals surface area (Å²) in [6.45, 7) is 1.59. The first kappa shape index (κ1) is 14.5. The molecule has 0 radical (unpaired) electrons. The molecule has 1 rings (SSSR count). The number of amides is 1. The van der Waals surface area contributed by atoms with Crippen LogP contribution in [0.2, 0.25) is 0 Å². The van der Waals surface area contributed by atoms with Gasteiger partial charge >= 0.3 is 5.97 Å². The number of carbonyl (C=O) groups is 2. The minimum Gasteiger partial charge on any atom is -0.481 e. The molecule has 1 aromatic rings. The van der Waals surface area contributed by atoms with Gasteiger partial charge in [-0.05, 0) is 24.3 Å². The van der Waals surface area contributed by atoms with E-state index in [0.717, 1.165) is 0 Å². The molecular weight excluding hydrogens is 257 g/mol. The fourth-order valence-electron chi connectivity index (χ4n) is 1.13. The maximum absolute atomic E-state index is 12.6. The van der Waals surface area contributed by atoms with Gasteiger partial charge in [-0.3, -0.25) is 9.59 Å². The standard InChI is InChI=1S/C12H14FNO3S/c1-8(12(16)17)6-18-7-11(15)14-10-4-2-9(13)3-5-10/h2-5,8H,6-7H2,1H3,(H,14,15)(H,16,17). The summed E-state index contributed by atoms with van der Waals surface area (Å²) in [5.74, 6) is -1.39. The third-order valence-corrected chi connectivity index (χ3v) is 3.35. The molecule has 2 N–H and O–H groups in total. The van der Waals surface area contributed by atoms with Crippen LogP contribution < -0.4 is 5.32 Å². The monoisotopic (exact) mass is 271 g/mol. The minimum absolute atomic E-state index is 0.176. The van der Waals surface area contributed by atoms with Crippen LogP contribution in [0.25, 0.3) is 0 Å². The molecule has 98 valence electrons. The van der Waals surface area contributed by atoms with Gasteiger partial charge in [0.1, 0.15) is 5.82 Å². The van der Waals surface area contributed by atoms with Crippen LogP contribution in [0.5, 0.6) is 0 Å². The normalized spacial score (nSPS) is 11.9. The van der Waals surface area contributed by atoms with Crippen LogP contribution in [-0.2, 0) is 9.59 Å². The Morgan fingerprint density at radius 1 is 1.39 bits per heavy atom. The Hall–Kier alpha value is -1.56. The van der Waals surface area contributed by atoms with Crippen molar-refractivity contribution in [3.63, 3.8) is 0 Å². The first-order valence-electron chi connectivity index (χ1n) is 5.35. The summed E-state index contributed by atoms with van der Waals surface area (Å²) < 4.78 is 12.6. The van der Waals surface area contributed by atoms with Crippen molar-refractivity contribution in [1.82, 2.24) is 0 Å². The quantitative estimate of drug-likeness (QED) is 0.832. The molecule has 0 aliphatic carbocycles. The summed E-state index contributed by atoms with van der Waals surface area (Å²) >= 11 is 1.25. The maximum atomic E-state index is 12.6. The van der Waals surface area contributed by atoms with E-state index in [4.69, 9.17) is 5.11 Å². The fraction of sp³-hybridized carbons (Fsp3) is 0.333. The Labute approximate surface area is 109 Å². The topological polar surface area (TPSA) is 66.4 Å². The molecule has 0 aromatic heterocycles. The van der Waals surface area contributed by atoms with Crippen LogP contribution in [0.3, 0.4) is 0 Å². The summed E-state index contributed by atoms with van der Waals surface area (Å²) in [4.78, 5) is 22.0. The lowest BCUT2D eigenvalue weighted by molar-refractivity contribution is -0.140. The van der Waals surface area contributed by atoms with Crippen molar-refractivity contribution >= 4 is 29.3 Å². The molecule has 0 bridgehead atoms. The molecule has 18 heavy (non-hydrogen) atoms. The van der Waals surface area contributed by atoms with Crippen molar-refractivity contribution in [3.8, 4) is 0 Å². The SMILES string of the molecule is CC(CSCC(=O)Nc1ccc(F)cc1)C(=O)O. The van der Waals surface area contributed by atoms with Gasteiger partial charge in [-0.2, -0.15) is 11.8 Å².